The number of carbonyl (C=O) groups excluding carboxylic acids is 1. The molecule has 4 nitrogen and oxygen atoms in total. The molecule has 0 saturated heterocycles. The van der Waals surface area contributed by atoms with Crippen molar-refractivity contribution in [3.05, 3.63) is 34.3 Å². The molecule has 0 fully saturated rings. The lowest BCUT2D eigenvalue weighted by Crippen LogP contribution is -2.11. The molecule has 0 spiro atoms. The highest BCUT2D eigenvalue weighted by molar-refractivity contribution is 9.10. The lowest BCUT2D eigenvalue weighted by atomic mass is 10.3. The molecule has 2 aromatic heterocycles. The third kappa shape index (κ3) is 2.58. The smallest absolute Gasteiger partial charge is 0.450 e. The van der Waals surface area contributed by atoms with E-state index in [1.165, 1.54) is 18.3 Å². The summed E-state index contributed by atoms with van der Waals surface area (Å²) in [7, 11) is 0. The van der Waals surface area contributed by atoms with Gasteiger partial charge in [0, 0.05) is 10.7 Å². The van der Waals surface area contributed by atoms with Gasteiger partial charge in [0.1, 0.15) is 0 Å². The topological polar surface area (TPSA) is 43.6 Å². The molecule has 0 aliphatic rings. The number of pyridine rings is 1. The molecule has 0 aliphatic heterocycles. The standard InChI is InChI=1S/C11H8BrF3N2O2/c1-2-19-9(18)8-7-4-3-6(12)5-17(7)10(16-8)11(13,14)15/h3-5H,2H2,1H3. The van der Waals surface area contributed by atoms with Crippen LogP contribution in [0, 0.1) is 0 Å². The molecule has 0 aliphatic carbocycles. The van der Waals surface area contributed by atoms with Crippen LogP contribution in [0.5, 0.6) is 0 Å². The Bertz CT molecular complexity index is 637. The van der Waals surface area contributed by atoms with Crippen LogP contribution < -0.4 is 0 Å². The van der Waals surface area contributed by atoms with Gasteiger partial charge < -0.3 is 4.74 Å². The van der Waals surface area contributed by atoms with Gasteiger partial charge in [0.2, 0.25) is 5.82 Å². The number of alkyl halides is 3. The van der Waals surface area contributed by atoms with Crippen molar-refractivity contribution in [3.8, 4) is 0 Å². The van der Waals surface area contributed by atoms with Gasteiger partial charge in [-0.15, -0.1) is 0 Å². The second-order valence-corrected chi connectivity index (χ2v) is 4.52. The molecule has 0 radical (unpaired) electrons. The lowest BCUT2D eigenvalue weighted by molar-refractivity contribution is -0.145. The molecule has 0 amide bonds. The van der Waals surface area contributed by atoms with E-state index in [0.29, 0.717) is 4.47 Å². The monoisotopic (exact) mass is 336 g/mol. The fourth-order valence-electron chi connectivity index (χ4n) is 1.61. The predicted molar refractivity (Wildman–Crippen MR) is 63.9 cm³/mol. The number of esters is 1. The number of carbonyl (C=O) groups is 1. The van der Waals surface area contributed by atoms with Gasteiger partial charge in [0.05, 0.1) is 12.1 Å². The summed E-state index contributed by atoms with van der Waals surface area (Å²) >= 11 is 3.08. The van der Waals surface area contributed by atoms with Crippen molar-refractivity contribution in [2.75, 3.05) is 6.61 Å². The molecule has 8 heteroatoms. The Kier molecular flexibility index (Phi) is 3.53. The van der Waals surface area contributed by atoms with Gasteiger partial charge in [-0.3, -0.25) is 4.40 Å². The Morgan fingerprint density at radius 1 is 1.47 bits per heavy atom. The van der Waals surface area contributed by atoms with Crippen LogP contribution in [0.25, 0.3) is 5.52 Å². The van der Waals surface area contributed by atoms with Crippen molar-refractivity contribution in [1.82, 2.24) is 9.38 Å². The van der Waals surface area contributed by atoms with Crippen molar-refractivity contribution in [2.45, 2.75) is 13.1 Å². The molecule has 2 aromatic rings. The van der Waals surface area contributed by atoms with Gasteiger partial charge in [-0.2, -0.15) is 13.2 Å². The van der Waals surface area contributed by atoms with Crippen LogP contribution in [0.2, 0.25) is 0 Å². The maximum absolute atomic E-state index is 12.9. The minimum atomic E-state index is -4.66. The highest BCUT2D eigenvalue weighted by Crippen LogP contribution is 2.31. The van der Waals surface area contributed by atoms with Crippen LogP contribution >= 0.6 is 15.9 Å². The molecule has 19 heavy (non-hydrogen) atoms. The first kappa shape index (κ1) is 13.9. The lowest BCUT2D eigenvalue weighted by Gasteiger charge is -2.04. The van der Waals surface area contributed by atoms with Crippen LogP contribution in [0.3, 0.4) is 0 Å². The van der Waals surface area contributed by atoms with E-state index in [1.54, 1.807) is 6.92 Å². The zero-order valence-corrected chi connectivity index (χ0v) is 11.2. The summed E-state index contributed by atoms with van der Waals surface area (Å²) in [6.45, 7) is 1.63. The van der Waals surface area contributed by atoms with Gasteiger partial charge in [0.15, 0.2) is 5.69 Å². The Morgan fingerprint density at radius 3 is 2.74 bits per heavy atom. The first-order chi connectivity index (χ1) is 8.84. The third-order valence-corrected chi connectivity index (χ3v) is 2.79. The summed E-state index contributed by atoms with van der Waals surface area (Å²) in [6.07, 6.45) is -3.46. The Morgan fingerprint density at radius 2 is 2.16 bits per heavy atom. The average Bonchev–Trinajstić information content (AvgIpc) is 2.67. The summed E-state index contributed by atoms with van der Waals surface area (Å²) < 4.78 is 44.5. The first-order valence-corrected chi connectivity index (χ1v) is 6.05. The number of rotatable bonds is 2. The van der Waals surface area contributed by atoms with E-state index in [-0.39, 0.29) is 17.8 Å². The number of halogens is 4. The van der Waals surface area contributed by atoms with Crippen LogP contribution in [-0.4, -0.2) is 22.0 Å². The number of nitrogens with zero attached hydrogens (tertiary/aromatic N) is 2. The summed E-state index contributed by atoms with van der Waals surface area (Å²) in [4.78, 5) is 15.0. The molecule has 2 rings (SSSR count). The number of hydrogen-bond acceptors (Lipinski definition) is 3. The fraction of sp³-hybridized carbons (Fsp3) is 0.273. The second kappa shape index (κ2) is 4.84. The summed E-state index contributed by atoms with van der Waals surface area (Å²) in [5.74, 6) is -2.04. The fourth-order valence-corrected chi connectivity index (χ4v) is 1.95. The van der Waals surface area contributed by atoms with E-state index in [4.69, 9.17) is 4.74 Å². The Hall–Kier alpha value is -1.57. The minimum absolute atomic E-state index is 0.0500. The number of imidazole rings is 1. The molecule has 0 aromatic carbocycles. The number of hydrogen-bond donors (Lipinski definition) is 0. The largest absolute Gasteiger partial charge is 0.461 e. The summed E-state index contributed by atoms with van der Waals surface area (Å²) in [5.41, 5.74) is -0.296. The second-order valence-electron chi connectivity index (χ2n) is 3.60. The van der Waals surface area contributed by atoms with E-state index >= 15 is 0 Å². The van der Waals surface area contributed by atoms with Gasteiger partial charge in [-0.05, 0) is 35.0 Å². The van der Waals surface area contributed by atoms with Crippen molar-refractivity contribution in [3.63, 3.8) is 0 Å². The molecule has 0 bridgehead atoms. The summed E-state index contributed by atoms with van der Waals surface area (Å²) in [5, 5.41) is 0. The normalized spacial score (nSPS) is 11.8. The maximum Gasteiger partial charge on any atom is 0.450 e. The van der Waals surface area contributed by atoms with Crippen molar-refractivity contribution < 1.29 is 22.7 Å². The number of aromatic nitrogens is 2. The van der Waals surface area contributed by atoms with Crippen molar-refractivity contribution in [2.24, 2.45) is 0 Å². The number of fused-ring (bicyclic) bond motifs is 1. The van der Waals surface area contributed by atoms with Gasteiger partial charge >= 0.3 is 12.1 Å². The van der Waals surface area contributed by atoms with Gasteiger partial charge in [0.25, 0.3) is 0 Å². The number of ether oxygens (including phenoxy) is 1. The molecule has 102 valence electrons. The zero-order valence-electron chi connectivity index (χ0n) is 9.66. The highest BCUT2D eigenvalue weighted by atomic mass is 79.9. The Labute approximate surface area is 114 Å². The zero-order chi connectivity index (χ0) is 14.2. The highest BCUT2D eigenvalue weighted by Gasteiger charge is 2.38. The predicted octanol–water partition coefficient (Wildman–Crippen LogP) is 3.29. The van der Waals surface area contributed by atoms with Crippen LogP contribution in [-0.2, 0) is 10.9 Å². The maximum atomic E-state index is 12.9. The van der Waals surface area contributed by atoms with Crippen molar-refractivity contribution >= 4 is 27.4 Å². The SMILES string of the molecule is CCOC(=O)c1nc(C(F)(F)F)n2cc(Br)ccc12. The quantitative estimate of drug-likeness (QED) is 0.790. The van der Waals surface area contributed by atoms with E-state index in [9.17, 15) is 18.0 Å². The first-order valence-electron chi connectivity index (χ1n) is 5.26. The van der Waals surface area contributed by atoms with Crippen LogP contribution in [0.15, 0.2) is 22.8 Å². The van der Waals surface area contributed by atoms with E-state index < -0.39 is 18.0 Å². The van der Waals surface area contributed by atoms with Gasteiger partial charge in [-0.1, -0.05) is 0 Å². The van der Waals surface area contributed by atoms with Crippen LogP contribution in [0.1, 0.15) is 23.2 Å². The van der Waals surface area contributed by atoms with Crippen LogP contribution in [0.4, 0.5) is 13.2 Å². The van der Waals surface area contributed by atoms with E-state index in [0.717, 1.165) is 4.40 Å². The third-order valence-electron chi connectivity index (χ3n) is 2.32. The van der Waals surface area contributed by atoms with Gasteiger partial charge in [-0.25, -0.2) is 9.78 Å². The van der Waals surface area contributed by atoms with E-state index in [2.05, 4.69) is 20.9 Å². The minimum Gasteiger partial charge on any atom is -0.461 e. The van der Waals surface area contributed by atoms with Crippen molar-refractivity contribution in [1.29, 1.82) is 0 Å². The Balaban J connectivity index is 2.70. The molecule has 0 atom stereocenters. The molecule has 0 N–H and O–H groups in total. The molecule has 0 unspecified atom stereocenters. The molecule has 0 saturated carbocycles. The molecular formula is C11H8BrF3N2O2. The molecular weight excluding hydrogens is 329 g/mol. The average molecular weight is 337 g/mol. The summed E-state index contributed by atoms with van der Waals surface area (Å²) in [6, 6.07) is 2.90. The van der Waals surface area contributed by atoms with E-state index in [1.807, 2.05) is 0 Å². The molecule has 2 heterocycles.